The van der Waals surface area contributed by atoms with Crippen molar-refractivity contribution in [3.8, 4) is 0 Å². The molecule has 2 N–H and O–H groups in total. The standard InChI is InChI=1S/C11H24N2OS/c1-5-6-7-9(2)12-11(15)13-10(3)8-14-4/h9-10H,5-8H2,1-4H3,(H2,12,13,15). The summed E-state index contributed by atoms with van der Waals surface area (Å²) in [5.41, 5.74) is 0. The predicted octanol–water partition coefficient (Wildman–Crippen LogP) is 2.06. The van der Waals surface area contributed by atoms with E-state index >= 15 is 0 Å². The summed E-state index contributed by atoms with van der Waals surface area (Å²) in [7, 11) is 1.69. The van der Waals surface area contributed by atoms with Crippen LogP contribution in [-0.2, 0) is 4.74 Å². The number of rotatable bonds is 7. The van der Waals surface area contributed by atoms with Crippen LogP contribution in [0.15, 0.2) is 0 Å². The fourth-order valence-corrected chi connectivity index (χ4v) is 1.77. The molecule has 0 heterocycles. The summed E-state index contributed by atoms with van der Waals surface area (Å²) >= 11 is 5.19. The second kappa shape index (κ2) is 8.92. The molecule has 0 radical (unpaired) electrons. The zero-order valence-electron chi connectivity index (χ0n) is 10.3. The van der Waals surface area contributed by atoms with Crippen molar-refractivity contribution in [1.82, 2.24) is 10.6 Å². The van der Waals surface area contributed by atoms with Gasteiger partial charge in [-0.25, -0.2) is 0 Å². The molecule has 0 fully saturated rings. The molecular formula is C11H24N2OS. The minimum atomic E-state index is 0.258. The number of ether oxygens (including phenoxy) is 1. The molecule has 0 aromatic carbocycles. The van der Waals surface area contributed by atoms with Gasteiger partial charge in [0.05, 0.1) is 6.61 Å². The summed E-state index contributed by atoms with van der Waals surface area (Å²) in [6, 6.07) is 0.702. The van der Waals surface area contributed by atoms with E-state index in [1.807, 2.05) is 6.92 Å². The monoisotopic (exact) mass is 232 g/mol. The van der Waals surface area contributed by atoms with Crippen LogP contribution in [0, 0.1) is 0 Å². The Morgan fingerprint density at radius 3 is 2.40 bits per heavy atom. The number of hydrogen-bond acceptors (Lipinski definition) is 2. The van der Waals surface area contributed by atoms with Gasteiger partial charge < -0.3 is 15.4 Å². The Labute approximate surface area is 99.0 Å². The molecule has 4 heteroatoms. The maximum absolute atomic E-state index is 5.19. The van der Waals surface area contributed by atoms with Crippen molar-refractivity contribution in [1.29, 1.82) is 0 Å². The van der Waals surface area contributed by atoms with E-state index in [9.17, 15) is 0 Å². The topological polar surface area (TPSA) is 33.3 Å². The lowest BCUT2D eigenvalue weighted by molar-refractivity contribution is 0.179. The summed E-state index contributed by atoms with van der Waals surface area (Å²) < 4.78 is 5.02. The van der Waals surface area contributed by atoms with Gasteiger partial charge in [0.15, 0.2) is 5.11 Å². The molecule has 0 saturated heterocycles. The normalized spacial score (nSPS) is 14.4. The van der Waals surface area contributed by atoms with Crippen molar-refractivity contribution in [3.63, 3.8) is 0 Å². The van der Waals surface area contributed by atoms with Crippen LogP contribution in [0.3, 0.4) is 0 Å². The molecular weight excluding hydrogens is 208 g/mol. The van der Waals surface area contributed by atoms with Crippen LogP contribution < -0.4 is 10.6 Å². The molecule has 2 atom stereocenters. The van der Waals surface area contributed by atoms with E-state index in [0.29, 0.717) is 12.6 Å². The van der Waals surface area contributed by atoms with Crippen LogP contribution in [0.25, 0.3) is 0 Å². The Bertz CT molecular complexity index is 176. The largest absolute Gasteiger partial charge is 0.383 e. The molecule has 0 bridgehead atoms. The third-order valence-electron chi connectivity index (χ3n) is 2.16. The molecule has 0 aromatic heterocycles. The van der Waals surface area contributed by atoms with Gasteiger partial charge in [0.2, 0.25) is 0 Å². The zero-order valence-corrected chi connectivity index (χ0v) is 11.1. The summed E-state index contributed by atoms with van der Waals surface area (Å²) in [6.45, 7) is 7.08. The lowest BCUT2D eigenvalue weighted by Crippen LogP contribution is -2.45. The van der Waals surface area contributed by atoms with E-state index in [2.05, 4.69) is 24.5 Å². The van der Waals surface area contributed by atoms with Crippen molar-refractivity contribution >= 4 is 17.3 Å². The van der Waals surface area contributed by atoms with E-state index in [0.717, 1.165) is 11.5 Å². The minimum Gasteiger partial charge on any atom is -0.383 e. The highest BCUT2D eigenvalue weighted by molar-refractivity contribution is 7.80. The van der Waals surface area contributed by atoms with E-state index in [-0.39, 0.29) is 6.04 Å². The average molecular weight is 232 g/mol. The van der Waals surface area contributed by atoms with E-state index in [1.54, 1.807) is 7.11 Å². The molecule has 0 saturated carbocycles. The van der Waals surface area contributed by atoms with Crippen molar-refractivity contribution in [2.24, 2.45) is 0 Å². The molecule has 3 nitrogen and oxygen atoms in total. The number of thiocarbonyl (C=S) groups is 1. The second-order valence-electron chi connectivity index (χ2n) is 4.02. The smallest absolute Gasteiger partial charge is 0.166 e. The number of hydrogen-bond donors (Lipinski definition) is 2. The van der Waals surface area contributed by atoms with Gasteiger partial charge >= 0.3 is 0 Å². The highest BCUT2D eigenvalue weighted by atomic mass is 32.1. The van der Waals surface area contributed by atoms with Crippen molar-refractivity contribution in [2.75, 3.05) is 13.7 Å². The van der Waals surface area contributed by atoms with Crippen LogP contribution >= 0.6 is 12.2 Å². The maximum Gasteiger partial charge on any atom is 0.166 e. The lowest BCUT2D eigenvalue weighted by Gasteiger charge is -2.20. The highest BCUT2D eigenvalue weighted by Crippen LogP contribution is 1.99. The van der Waals surface area contributed by atoms with Gasteiger partial charge in [0.25, 0.3) is 0 Å². The fraction of sp³-hybridized carbons (Fsp3) is 0.909. The van der Waals surface area contributed by atoms with Gasteiger partial charge in [-0.15, -0.1) is 0 Å². The first-order valence-corrected chi connectivity index (χ1v) is 6.06. The van der Waals surface area contributed by atoms with Gasteiger partial charge in [-0.2, -0.15) is 0 Å². The van der Waals surface area contributed by atoms with Crippen LogP contribution in [0.1, 0.15) is 40.0 Å². The molecule has 0 aliphatic rings. The third kappa shape index (κ3) is 8.63. The molecule has 15 heavy (non-hydrogen) atoms. The number of methoxy groups -OCH3 is 1. The molecule has 0 aliphatic carbocycles. The molecule has 0 aromatic rings. The summed E-state index contributed by atoms with van der Waals surface area (Å²) in [5, 5.41) is 7.18. The summed E-state index contributed by atoms with van der Waals surface area (Å²) in [6.07, 6.45) is 3.63. The predicted molar refractivity (Wildman–Crippen MR) is 69.2 cm³/mol. The van der Waals surface area contributed by atoms with Gasteiger partial charge in [-0.05, 0) is 32.5 Å². The highest BCUT2D eigenvalue weighted by Gasteiger charge is 2.06. The van der Waals surface area contributed by atoms with E-state index in [4.69, 9.17) is 17.0 Å². The SMILES string of the molecule is CCCCC(C)NC(=S)NC(C)COC. The summed E-state index contributed by atoms with van der Waals surface area (Å²) in [4.78, 5) is 0. The first-order valence-electron chi connectivity index (χ1n) is 5.66. The minimum absolute atomic E-state index is 0.258. The third-order valence-corrected chi connectivity index (χ3v) is 2.40. The molecule has 0 amide bonds. The Morgan fingerprint density at radius 2 is 1.87 bits per heavy atom. The molecule has 0 aliphatic heterocycles. The van der Waals surface area contributed by atoms with Crippen LogP contribution in [-0.4, -0.2) is 30.9 Å². The Morgan fingerprint density at radius 1 is 1.27 bits per heavy atom. The van der Waals surface area contributed by atoms with Crippen LogP contribution in [0.4, 0.5) is 0 Å². The van der Waals surface area contributed by atoms with Crippen molar-refractivity contribution in [2.45, 2.75) is 52.1 Å². The zero-order chi connectivity index (χ0) is 11.7. The Balaban J connectivity index is 3.63. The lowest BCUT2D eigenvalue weighted by atomic mass is 10.1. The van der Waals surface area contributed by atoms with Gasteiger partial charge in [-0.3, -0.25) is 0 Å². The van der Waals surface area contributed by atoms with Gasteiger partial charge in [0, 0.05) is 19.2 Å². The fourth-order valence-electron chi connectivity index (χ4n) is 1.36. The average Bonchev–Trinajstić information content (AvgIpc) is 2.14. The van der Waals surface area contributed by atoms with Crippen molar-refractivity contribution in [3.05, 3.63) is 0 Å². The van der Waals surface area contributed by atoms with Gasteiger partial charge in [-0.1, -0.05) is 19.8 Å². The first kappa shape index (κ1) is 14.6. The second-order valence-corrected chi connectivity index (χ2v) is 4.43. The van der Waals surface area contributed by atoms with E-state index in [1.165, 1.54) is 12.8 Å². The quantitative estimate of drug-likeness (QED) is 0.658. The molecule has 0 spiro atoms. The summed E-state index contributed by atoms with van der Waals surface area (Å²) in [5.74, 6) is 0. The van der Waals surface area contributed by atoms with Crippen molar-refractivity contribution < 1.29 is 4.74 Å². The Hall–Kier alpha value is -0.350. The van der Waals surface area contributed by atoms with Crippen LogP contribution in [0.5, 0.6) is 0 Å². The molecule has 90 valence electrons. The molecule has 0 rings (SSSR count). The van der Waals surface area contributed by atoms with Gasteiger partial charge in [0.1, 0.15) is 0 Å². The number of unbranched alkanes of at least 4 members (excludes halogenated alkanes) is 1. The first-order chi connectivity index (χ1) is 7.10. The van der Waals surface area contributed by atoms with E-state index < -0.39 is 0 Å². The van der Waals surface area contributed by atoms with Crippen LogP contribution in [0.2, 0.25) is 0 Å². The molecule has 2 unspecified atom stereocenters. The number of nitrogens with one attached hydrogen (secondary N) is 2. The maximum atomic E-state index is 5.19. The Kier molecular flexibility index (Phi) is 8.71.